The van der Waals surface area contributed by atoms with E-state index in [-0.39, 0.29) is 5.79 Å². The molecule has 0 amide bonds. The van der Waals surface area contributed by atoms with Gasteiger partial charge in [-0.25, -0.2) is 0 Å². The van der Waals surface area contributed by atoms with Crippen LogP contribution in [0.2, 0.25) is 0 Å². The lowest BCUT2D eigenvalue weighted by atomic mass is 10.0. The molecule has 1 aliphatic carbocycles. The highest BCUT2D eigenvalue weighted by Crippen LogP contribution is 2.35. The van der Waals surface area contributed by atoms with Gasteiger partial charge in [0, 0.05) is 5.92 Å². The van der Waals surface area contributed by atoms with Crippen molar-refractivity contribution >= 4 is 0 Å². The number of ether oxygens (including phenoxy) is 2. The Bertz CT molecular complexity index is 218. The summed E-state index contributed by atoms with van der Waals surface area (Å²) in [4.78, 5) is 0. The van der Waals surface area contributed by atoms with Crippen LogP contribution in [0.25, 0.3) is 0 Å². The first-order valence-electron chi connectivity index (χ1n) is 4.56. The summed E-state index contributed by atoms with van der Waals surface area (Å²) in [6.07, 6.45) is 3.67. The lowest BCUT2D eigenvalue weighted by Gasteiger charge is -2.37. The Labute approximate surface area is 73.5 Å². The van der Waals surface area contributed by atoms with Crippen molar-refractivity contribution in [2.45, 2.75) is 39.1 Å². The highest BCUT2D eigenvalue weighted by Gasteiger charge is 2.37. The van der Waals surface area contributed by atoms with Crippen molar-refractivity contribution in [1.82, 2.24) is 0 Å². The molecule has 1 aliphatic heterocycles. The molecule has 0 aromatic heterocycles. The number of hydrogen-bond acceptors (Lipinski definition) is 2. The maximum absolute atomic E-state index is 5.77. The van der Waals surface area contributed by atoms with E-state index in [1.807, 2.05) is 13.8 Å². The van der Waals surface area contributed by atoms with Crippen molar-refractivity contribution < 1.29 is 9.47 Å². The molecular formula is C10H16O2. The number of hydrogen-bond donors (Lipinski definition) is 0. The molecule has 2 heteroatoms. The van der Waals surface area contributed by atoms with Crippen LogP contribution < -0.4 is 0 Å². The molecular weight excluding hydrogens is 152 g/mol. The first-order chi connectivity index (χ1) is 5.57. The SMILES string of the molecule is CC1=C[C@@H]2OC(C)(C)OC[C@@H]2C1. The first kappa shape index (κ1) is 8.27. The summed E-state index contributed by atoms with van der Waals surface area (Å²) in [5, 5.41) is 0. The van der Waals surface area contributed by atoms with Crippen LogP contribution in [-0.4, -0.2) is 18.5 Å². The standard InChI is InChI=1S/C10H16O2/c1-7-4-8-6-11-10(2,3)12-9(8)5-7/h5,8-9H,4,6H2,1-3H3/t8-,9-/m0/s1. The van der Waals surface area contributed by atoms with Crippen LogP contribution in [0.1, 0.15) is 27.2 Å². The third-order valence-electron chi connectivity index (χ3n) is 2.56. The minimum Gasteiger partial charge on any atom is -0.350 e. The summed E-state index contributed by atoms with van der Waals surface area (Å²) in [7, 11) is 0. The molecule has 0 aromatic rings. The smallest absolute Gasteiger partial charge is 0.163 e. The normalized spacial score (nSPS) is 39.1. The Morgan fingerprint density at radius 1 is 1.50 bits per heavy atom. The molecule has 0 N–H and O–H groups in total. The van der Waals surface area contributed by atoms with Gasteiger partial charge in [0.05, 0.1) is 12.7 Å². The molecule has 0 unspecified atom stereocenters. The van der Waals surface area contributed by atoms with E-state index in [0.717, 1.165) is 13.0 Å². The Morgan fingerprint density at radius 3 is 3.00 bits per heavy atom. The van der Waals surface area contributed by atoms with E-state index in [1.54, 1.807) is 0 Å². The van der Waals surface area contributed by atoms with Gasteiger partial charge in [0.1, 0.15) is 0 Å². The van der Waals surface area contributed by atoms with Gasteiger partial charge in [-0.3, -0.25) is 0 Å². The molecule has 2 atom stereocenters. The Balaban J connectivity index is 2.09. The molecule has 0 bridgehead atoms. The fourth-order valence-electron chi connectivity index (χ4n) is 1.97. The van der Waals surface area contributed by atoms with Gasteiger partial charge in [0.25, 0.3) is 0 Å². The number of allylic oxidation sites excluding steroid dienone is 1. The fourth-order valence-corrected chi connectivity index (χ4v) is 1.97. The summed E-state index contributed by atoms with van der Waals surface area (Å²) in [5.74, 6) is 0.181. The van der Waals surface area contributed by atoms with Gasteiger partial charge in [-0.2, -0.15) is 0 Å². The summed E-state index contributed by atoms with van der Waals surface area (Å²) >= 11 is 0. The van der Waals surface area contributed by atoms with E-state index in [0.29, 0.717) is 12.0 Å². The van der Waals surface area contributed by atoms with Crippen molar-refractivity contribution in [1.29, 1.82) is 0 Å². The zero-order valence-electron chi connectivity index (χ0n) is 7.96. The molecule has 1 heterocycles. The molecule has 1 fully saturated rings. The van der Waals surface area contributed by atoms with Gasteiger partial charge in [0.2, 0.25) is 0 Å². The van der Waals surface area contributed by atoms with Crippen LogP contribution in [0.4, 0.5) is 0 Å². The van der Waals surface area contributed by atoms with Crippen LogP contribution in [0.15, 0.2) is 11.6 Å². The predicted molar refractivity (Wildman–Crippen MR) is 46.8 cm³/mol. The fraction of sp³-hybridized carbons (Fsp3) is 0.800. The van der Waals surface area contributed by atoms with E-state index < -0.39 is 0 Å². The maximum atomic E-state index is 5.77. The van der Waals surface area contributed by atoms with Crippen molar-refractivity contribution in [3.05, 3.63) is 11.6 Å². The van der Waals surface area contributed by atoms with Gasteiger partial charge in [-0.1, -0.05) is 11.6 Å². The number of rotatable bonds is 0. The topological polar surface area (TPSA) is 18.5 Å². The summed E-state index contributed by atoms with van der Waals surface area (Å²) in [6, 6.07) is 0. The lowest BCUT2D eigenvalue weighted by molar-refractivity contribution is -0.279. The minimum absolute atomic E-state index is 0.300. The molecule has 2 rings (SSSR count). The van der Waals surface area contributed by atoms with Crippen LogP contribution in [-0.2, 0) is 9.47 Å². The maximum Gasteiger partial charge on any atom is 0.163 e. The third-order valence-corrected chi connectivity index (χ3v) is 2.56. The average molecular weight is 168 g/mol. The number of fused-ring (bicyclic) bond motifs is 1. The predicted octanol–water partition coefficient (Wildman–Crippen LogP) is 2.10. The Kier molecular flexibility index (Phi) is 1.77. The molecule has 0 radical (unpaired) electrons. The molecule has 0 saturated carbocycles. The van der Waals surface area contributed by atoms with Gasteiger partial charge in [-0.15, -0.1) is 0 Å². The zero-order chi connectivity index (χ0) is 8.77. The summed E-state index contributed by atoms with van der Waals surface area (Å²) in [5.41, 5.74) is 1.44. The van der Waals surface area contributed by atoms with Gasteiger partial charge in [-0.05, 0) is 27.2 Å². The second-order valence-electron chi connectivity index (χ2n) is 4.27. The first-order valence-corrected chi connectivity index (χ1v) is 4.56. The zero-order valence-corrected chi connectivity index (χ0v) is 7.96. The largest absolute Gasteiger partial charge is 0.350 e. The Hall–Kier alpha value is -0.340. The van der Waals surface area contributed by atoms with Gasteiger partial charge < -0.3 is 9.47 Å². The highest BCUT2D eigenvalue weighted by molar-refractivity contribution is 5.13. The van der Waals surface area contributed by atoms with E-state index in [2.05, 4.69) is 13.0 Å². The lowest BCUT2D eigenvalue weighted by Crippen LogP contribution is -2.43. The monoisotopic (exact) mass is 168 g/mol. The van der Waals surface area contributed by atoms with Crippen LogP contribution >= 0.6 is 0 Å². The quantitative estimate of drug-likeness (QED) is 0.516. The summed E-state index contributed by atoms with van der Waals surface area (Å²) < 4.78 is 11.3. The third kappa shape index (κ3) is 1.41. The van der Waals surface area contributed by atoms with E-state index >= 15 is 0 Å². The molecule has 0 aromatic carbocycles. The second-order valence-corrected chi connectivity index (χ2v) is 4.27. The van der Waals surface area contributed by atoms with Gasteiger partial charge in [0.15, 0.2) is 5.79 Å². The second kappa shape index (κ2) is 2.57. The van der Waals surface area contributed by atoms with Crippen LogP contribution in [0.5, 0.6) is 0 Å². The molecule has 12 heavy (non-hydrogen) atoms. The van der Waals surface area contributed by atoms with Crippen molar-refractivity contribution in [3.63, 3.8) is 0 Å². The van der Waals surface area contributed by atoms with Crippen molar-refractivity contribution in [2.75, 3.05) is 6.61 Å². The van der Waals surface area contributed by atoms with Crippen molar-refractivity contribution in [2.24, 2.45) is 5.92 Å². The van der Waals surface area contributed by atoms with E-state index in [4.69, 9.17) is 9.47 Å². The molecule has 2 aliphatic rings. The van der Waals surface area contributed by atoms with Crippen molar-refractivity contribution in [3.8, 4) is 0 Å². The summed E-state index contributed by atoms with van der Waals surface area (Å²) in [6.45, 7) is 6.95. The molecule has 2 nitrogen and oxygen atoms in total. The molecule has 0 spiro atoms. The Morgan fingerprint density at radius 2 is 2.25 bits per heavy atom. The van der Waals surface area contributed by atoms with E-state index in [9.17, 15) is 0 Å². The van der Waals surface area contributed by atoms with E-state index in [1.165, 1.54) is 5.57 Å². The molecule has 1 saturated heterocycles. The average Bonchev–Trinajstić information content (AvgIpc) is 2.26. The van der Waals surface area contributed by atoms with Crippen LogP contribution in [0.3, 0.4) is 0 Å². The highest BCUT2D eigenvalue weighted by atomic mass is 16.7. The molecule has 68 valence electrons. The van der Waals surface area contributed by atoms with Crippen LogP contribution in [0, 0.1) is 5.92 Å². The minimum atomic E-state index is -0.387. The van der Waals surface area contributed by atoms with Gasteiger partial charge >= 0.3 is 0 Å².